The predicted octanol–water partition coefficient (Wildman–Crippen LogP) is 3.51. The van der Waals surface area contributed by atoms with Crippen LogP contribution < -0.4 is 11.3 Å². The molecule has 0 fully saturated rings. The Morgan fingerprint density at radius 3 is 2.71 bits per heavy atom. The zero-order valence-corrected chi connectivity index (χ0v) is 11.6. The summed E-state index contributed by atoms with van der Waals surface area (Å²) in [5.74, 6) is 5.34. The van der Waals surface area contributed by atoms with E-state index in [2.05, 4.69) is 21.4 Å². The van der Waals surface area contributed by atoms with Crippen LogP contribution in [0.25, 0.3) is 0 Å². The highest BCUT2D eigenvalue weighted by molar-refractivity contribution is 9.10. The molecule has 1 heterocycles. The molecule has 1 aromatic heterocycles. The van der Waals surface area contributed by atoms with Gasteiger partial charge in [0.25, 0.3) is 0 Å². The molecule has 0 radical (unpaired) electrons. The molecule has 17 heavy (non-hydrogen) atoms. The van der Waals surface area contributed by atoms with Crippen molar-refractivity contribution in [3.63, 3.8) is 0 Å². The van der Waals surface area contributed by atoms with Crippen LogP contribution >= 0.6 is 27.3 Å². The fourth-order valence-electron chi connectivity index (χ4n) is 1.61. The fraction of sp³-hybridized carbons (Fsp3) is 0.167. The average Bonchev–Trinajstić information content (AvgIpc) is 2.71. The number of hydrazine groups is 1. The molecular formula is C12H12BrFN2S. The molecule has 0 saturated carbocycles. The minimum Gasteiger partial charge on any atom is -0.271 e. The van der Waals surface area contributed by atoms with Gasteiger partial charge >= 0.3 is 0 Å². The maximum Gasteiger partial charge on any atom is 0.126 e. The van der Waals surface area contributed by atoms with Gasteiger partial charge in [-0.05, 0) is 46.1 Å². The molecule has 5 heteroatoms. The van der Waals surface area contributed by atoms with Crippen LogP contribution in [0, 0.1) is 12.7 Å². The van der Waals surface area contributed by atoms with Crippen molar-refractivity contribution in [2.75, 3.05) is 0 Å². The number of nitrogens with two attached hydrogens (primary N) is 1. The van der Waals surface area contributed by atoms with Gasteiger partial charge in [0.1, 0.15) is 5.82 Å². The topological polar surface area (TPSA) is 38.0 Å². The first-order valence-electron chi connectivity index (χ1n) is 5.08. The molecule has 0 aliphatic rings. The normalized spacial score (nSPS) is 12.7. The van der Waals surface area contributed by atoms with E-state index in [0.29, 0.717) is 5.56 Å². The van der Waals surface area contributed by atoms with Gasteiger partial charge in [-0.3, -0.25) is 5.84 Å². The van der Waals surface area contributed by atoms with Crippen molar-refractivity contribution in [3.05, 3.63) is 55.9 Å². The number of thiophene rings is 1. The van der Waals surface area contributed by atoms with Crippen LogP contribution in [0.1, 0.15) is 22.0 Å². The van der Waals surface area contributed by atoms with Crippen LogP contribution in [-0.2, 0) is 0 Å². The second-order valence-electron chi connectivity index (χ2n) is 3.78. The van der Waals surface area contributed by atoms with E-state index in [1.807, 2.05) is 17.5 Å². The van der Waals surface area contributed by atoms with Gasteiger partial charge < -0.3 is 0 Å². The smallest absolute Gasteiger partial charge is 0.126 e. The monoisotopic (exact) mass is 314 g/mol. The molecule has 1 atom stereocenters. The Hall–Kier alpha value is -0.750. The number of rotatable bonds is 3. The van der Waals surface area contributed by atoms with Crippen molar-refractivity contribution >= 4 is 27.3 Å². The zero-order valence-electron chi connectivity index (χ0n) is 9.21. The largest absolute Gasteiger partial charge is 0.271 e. The van der Waals surface area contributed by atoms with E-state index in [9.17, 15) is 4.39 Å². The Morgan fingerprint density at radius 1 is 1.41 bits per heavy atom. The lowest BCUT2D eigenvalue weighted by Crippen LogP contribution is -2.28. The minimum atomic E-state index is -0.210. The number of aryl methyl sites for hydroxylation is 1. The van der Waals surface area contributed by atoms with Crippen LogP contribution in [0.3, 0.4) is 0 Å². The Labute approximate surface area is 112 Å². The number of hydrogen-bond acceptors (Lipinski definition) is 3. The van der Waals surface area contributed by atoms with Crippen molar-refractivity contribution in [2.24, 2.45) is 5.84 Å². The SMILES string of the molecule is Cc1ccc(C(NN)c2cc(Br)cs2)cc1F. The quantitative estimate of drug-likeness (QED) is 0.672. The van der Waals surface area contributed by atoms with E-state index in [4.69, 9.17) is 5.84 Å². The van der Waals surface area contributed by atoms with Crippen molar-refractivity contribution < 1.29 is 4.39 Å². The van der Waals surface area contributed by atoms with E-state index in [1.54, 1.807) is 24.3 Å². The summed E-state index contributed by atoms with van der Waals surface area (Å²) in [6.07, 6.45) is 0. The summed E-state index contributed by atoms with van der Waals surface area (Å²) in [4.78, 5) is 1.04. The number of hydrogen-bond donors (Lipinski definition) is 2. The number of benzene rings is 1. The first kappa shape index (κ1) is 12.7. The molecule has 1 aromatic carbocycles. The highest BCUT2D eigenvalue weighted by Gasteiger charge is 2.15. The van der Waals surface area contributed by atoms with Crippen molar-refractivity contribution in [2.45, 2.75) is 13.0 Å². The van der Waals surface area contributed by atoms with E-state index in [0.717, 1.165) is 14.9 Å². The zero-order chi connectivity index (χ0) is 12.4. The van der Waals surface area contributed by atoms with E-state index in [1.165, 1.54) is 6.07 Å². The van der Waals surface area contributed by atoms with Crippen LogP contribution in [0.5, 0.6) is 0 Å². The van der Waals surface area contributed by atoms with Crippen molar-refractivity contribution in [1.82, 2.24) is 5.43 Å². The molecule has 90 valence electrons. The van der Waals surface area contributed by atoms with Gasteiger partial charge in [0, 0.05) is 14.7 Å². The molecule has 0 amide bonds. The summed E-state index contributed by atoms with van der Waals surface area (Å²) in [5.41, 5.74) is 4.18. The Bertz CT molecular complexity index is 527. The van der Waals surface area contributed by atoms with Gasteiger partial charge in [0.15, 0.2) is 0 Å². The van der Waals surface area contributed by atoms with Crippen LogP contribution in [0.4, 0.5) is 4.39 Å². The third-order valence-electron chi connectivity index (χ3n) is 2.57. The first-order chi connectivity index (χ1) is 8.11. The van der Waals surface area contributed by atoms with Gasteiger partial charge in [-0.25, -0.2) is 9.82 Å². The summed E-state index contributed by atoms with van der Waals surface area (Å²) in [5, 5.41) is 1.98. The molecule has 0 spiro atoms. The molecule has 0 bridgehead atoms. The number of nitrogens with one attached hydrogen (secondary N) is 1. The van der Waals surface area contributed by atoms with E-state index >= 15 is 0 Å². The maximum atomic E-state index is 13.5. The lowest BCUT2D eigenvalue weighted by atomic mass is 10.0. The van der Waals surface area contributed by atoms with Crippen LogP contribution in [-0.4, -0.2) is 0 Å². The molecule has 0 aliphatic carbocycles. The summed E-state index contributed by atoms with van der Waals surface area (Å²) in [7, 11) is 0. The summed E-state index contributed by atoms with van der Waals surface area (Å²) in [6.45, 7) is 1.74. The highest BCUT2D eigenvalue weighted by Crippen LogP contribution is 2.30. The second kappa shape index (κ2) is 5.27. The van der Waals surface area contributed by atoms with Gasteiger partial charge in [0.2, 0.25) is 0 Å². The molecule has 0 saturated heterocycles. The Kier molecular flexibility index (Phi) is 3.93. The van der Waals surface area contributed by atoms with Crippen molar-refractivity contribution in [1.29, 1.82) is 0 Å². The third-order valence-corrected chi connectivity index (χ3v) is 4.33. The molecule has 2 aromatic rings. The van der Waals surface area contributed by atoms with Gasteiger partial charge in [-0.15, -0.1) is 11.3 Å². The molecule has 1 unspecified atom stereocenters. The van der Waals surface area contributed by atoms with Gasteiger partial charge in [-0.2, -0.15) is 0 Å². The molecule has 2 rings (SSSR count). The van der Waals surface area contributed by atoms with E-state index in [-0.39, 0.29) is 11.9 Å². The molecule has 2 nitrogen and oxygen atoms in total. The van der Waals surface area contributed by atoms with Crippen LogP contribution in [0.15, 0.2) is 34.1 Å². The summed E-state index contributed by atoms with van der Waals surface area (Å²) < 4.78 is 14.5. The molecule has 3 N–H and O–H groups in total. The molecular weight excluding hydrogens is 303 g/mol. The minimum absolute atomic E-state index is 0.179. The van der Waals surface area contributed by atoms with Gasteiger partial charge in [0.05, 0.1) is 6.04 Å². The third kappa shape index (κ3) is 2.74. The highest BCUT2D eigenvalue weighted by atomic mass is 79.9. The maximum absolute atomic E-state index is 13.5. The standard InChI is InChI=1S/C12H12BrFN2S/c1-7-2-3-8(4-10(7)14)12(16-15)11-5-9(13)6-17-11/h2-6,12,16H,15H2,1H3. The van der Waals surface area contributed by atoms with E-state index < -0.39 is 0 Å². The average molecular weight is 315 g/mol. The Balaban J connectivity index is 2.38. The van der Waals surface area contributed by atoms with Crippen LogP contribution in [0.2, 0.25) is 0 Å². The predicted molar refractivity (Wildman–Crippen MR) is 72.3 cm³/mol. The first-order valence-corrected chi connectivity index (χ1v) is 6.75. The second-order valence-corrected chi connectivity index (χ2v) is 5.63. The lowest BCUT2D eigenvalue weighted by molar-refractivity contribution is 0.601. The fourth-order valence-corrected chi connectivity index (χ4v) is 3.14. The molecule has 0 aliphatic heterocycles. The van der Waals surface area contributed by atoms with Gasteiger partial charge in [-0.1, -0.05) is 12.1 Å². The lowest BCUT2D eigenvalue weighted by Gasteiger charge is -2.15. The summed E-state index contributed by atoms with van der Waals surface area (Å²) >= 11 is 4.97. The Morgan fingerprint density at radius 2 is 2.18 bits per heavy atom. The van der Waals surface area contributed by atoms with Crippen molar-refractivity contribution in [3.8, 4) is 0 Å². The number of halogens is 2. The summed E-state index contributed by atoms with van der Waals surface area (Å²) in [6, 6.07) is 6.97.